The number of hydrogen-bond acceptors (Lipinski definition) is 1. The molecule has 0 fully saturated rings. The fraction of sp³-hybridized carbons (Fsp3) is 0.333. The normalized spacial score (nSPS) is 8.31. The summed E-state index contributed by atoms with van der Waals surface area (Å²) in [7, 11) is 1.88. The Bertz CT molecular complexity index is 264. The van der Waals surface area contributed by atoms with E-state index in [1.165, 1.54) is 5.56 Å². The monoisotopic (exact) mass is 177 g/mol. The van der Waals surface area contributed by atoms with Crippen LogP contribution in [-0.4, -0.2) is 7.05 Å². The molecule has 1 aromatic carbocycles. The van der Waals surface area contributed by atoms with E-state index in [4.69, 9.17) is 0 Å². The lowest BCUT2D eigenvalue weighted by atomic mass is 10.1. The SMILES string of the molecule is C=C(NC)c1cccc(C)c1.CC. The average Bonchev–Trinajstić information content (AvgIpc) is 2.20. The molecular formula is C12H19N. The summed E-state index contributed by atoms with van der Waals surface area (Å²) >= 11 is 0. The molecule has 0 atom stereocenters. The number of aryl methyl sites for hydroxylation is 1. The van der Waals surface area contributed by atoms with Gasteiger partial charge in [-0.3, -0.25) is 0 Å². The Kier molecular flexibility index (Phi) is 5.69. The summed E-state index contributed by atoms with van der Waals surface area (Å²) < 4.78 is 0. The number of rotatable bonds is 2. The van der Waals surface area contributed by atoms with Crippen LogP contribution in [0.1, 0.15) is 25.0 Å². The lowest BCUT2D eigenvalue weighted by Crippen LogP contribution is -2.02. The van der Waals surface area contributed by atoms with Gasteiger partial charge in [-0.1, -0.05) is 44.2 Å². The van der Waals surface area contributed by atoms with Crippen molar-refractivity contribution in [1.82, 2.24) is 5.32 Å². The predicted molar refractivity (Wildman–Crippen MR) is 60.6 cm³/mol. The first-order chi connectivity index (χ1) is 6.24. The minimum absolute atomic E-state index is 0.966. The van der Waals surface area contributed by atoms with Gasteiger partial charge in [-0.15, -0.1) is 0 Å². The van der Waals surface area contributed by atoms with Crippen LogP contribution in [0, 0.1) is 6.92 Å². The Balaban J connectivity index is 0.000000671. The van der Waals surface area contributed by atoms with Crippen molar-refractivity contribution in [3.05, 3.63) is 42.0 Å². The standard InChI is InChI=1S/C10H13N.C2H6/c1-8-5-4-6-10(7-8)9(2)11-3;1-2/h4-7,11H,2H2,1,3H3;1-2H3. The van der Waals surface area contributed by atoms with E-state index in [9.17, 15) is 0 Å². The molecule has 0 amide bonds. The molecule has 0 radical (unpaired) electrons. The van der Waals surface area contributed by atoms with Gasteiger partial charge in [0.2, 0.25) is 0 Å². The molecule has 0 aliphatic carbocycles. The third-order valence-electron chi connectivity index (χ3n) is 1.67. The van der Waals surface area contributed by atoms with Crippen LogP contribution in [-0.2, 0) is 0 Å². The molecular weight excluding hydrogens is 158 g/mol. The van der Waals surface area contributed by atoms with Crippen molar-refractivity contribution in [2.45, 2.75) is 20.8 Å². The van der Waals surface area contributed by atoms with E-state index in [-0.39, 0.29) is 0 Å². The molecule has 0 unspecified atom stereocenters. The Morgan fingerprint density at radius 1 is 1.31 bits per heavy atom. The Hall–Kier alpha value is -1.24. The van der Waals surface area contributed by atoms with Gasteiger partial charge in [-0.25, -0.2) is 0 Å². The van der Waals surface area contributed by atoms with Gasteiger partial charge in [0.05, 0.1) is 0 Å². The maximum Gasteiger partial charge on any atom is 0.0338 e. The van der Waals surface area contributed by atoms with Crippen LogP contribution in [0.25, 0.3) is 5.70 Å². The van der Waals surface area contributed by atoms with E-state index in [0.717, 1.165) is 11.3 Å². The van der Waals surface area contributed by atoms with Gasteiger partial charge in [0.25, 0.3) is 0 Å². The highest BCUT2D eigenvalue weighted by Crippen LogP contribution is 2.10. The van der Waals surface area contributed by atoms with Crippen molar-refractivity contribution in [2.75, 3.05) is 7.05 Å². The van der Waals surface area contributed by atoms with Gasteiger partial charge in [0.15, 0.2) is 0 Å². The highest BCUT2D eigenvalue weighted by atomic mass is 14.8. The van der Waals surface area contributed by atoms with Crippen LogP contribution in [0.3, 0.4) is 0 Å². The van der Waals surface area contributed by atoms with Crippen LogP contribution in [0.2, 0.25) is 0 Å². The first kappa shape index (κ1) is 11.8. The van der Waals surface area contributed by atoms with E-state index in [1.807, 2.05) is 33.0 Å². The second-order valence-electron chi connectivity index (χ2n) is 2.60. The smallest absolute Gasteiger partial charge is 0.0338 e. The van der Waals surface area contributed by atoms with Crippen LogP contribution in [0.5, 0.6) is 0 Å². The Labute approximate surface area is 81.5 Å². The molecule has 1 N–H and O–H groups in total. The molecule has 1 rings (SSSR count). The van der Waals surface area contributed by atoms with Crippen LogP contribution >= 0.6 is 0 Å². The topological polar surface area (TPSA) is 12.0 Å². The summed E-state index contributed by atoms with van der Waals surface area (Å²) in [6.07, 6.45) is 0. The van der Waals surface area contributed by atoms with Gasteiger partial charge in [0.1, 0.15) is 0 Å². The number of benzene rings is 1. The molecule has 13 heavy (non-hydrogen) atoms. The molecule has 0 spiro atoms. The van der Waals surface area contributed by atoms with Crippen molar-refractivity contribution in [3.63, 3.8) is 0 Å². The molecule has 72 valence electrons. The minimum atomic E-state index is 0.966. The Morgan fingerprint density at radius 3 is 2.38 bits per heavy atom. The van der Waals surface area contributed by atoms with Crippen LogP contribution in [0.15, 0.2) is 30.8 Å². The first-order valence-corrected chi connectivity index (χ1v) is 4.67. The summed E-state index contributed by atoms with van der Waals surface area (Å²) in [6.45, 7) is 9.95. The fourth-order valence-electron chi connectivity index (χ4n) is 0.977. The lowest BCUT2D eigenvalue weighted by molar-refractivity contribution is 1.13. The second-order valence-corrected chi connectivity index (χ2v) is 2.60. The summed E-state index contributed by atoms with van der Waals surface area (Å²) in [5.74, 6) is 0. The summed E-state index contributed by atoms with van der Waals surface area (Å²) in [5.41, 5.74) is 3.39. The maximum atomic E-state index is 3.87. The molecule has 1 nitrogen and oxygen atoms in total. The van der Waals surface area contributed by atoms with Crippen LogP contribution in [0.4, 0.5) is 0 Å². The van der Waals surface area contributed by atoms with Crippen molar-refractivity contribution in [2.24, 2.45) is 0 Å². The summed E-state index contributed by atoms with van der Waals surface area (Å²) in [6, 6.07) is 8.27. The van der Waals surface area contributed by atoms with Gasteiger partial charge in [0, 0.05) is 12.7 Å². The second kappa shape index (κ2) is 6.30. The average molecular weight is 177 g/mol. The molecule has 1 aromatic rings. The molecule has 1 heteroatoms. The van der Waals surface area contributed by atoms with Crippen molar-refractivity contribution in [1.29, 1.82) is 0 Å². The Morgan fingerprint density at radius 2 is 1.92 bits per heavy atom. The van der Waals surface area contributed by atoms with E-state index >= 15 is 0 Å². The highest BCUT2D eigenvalue weighted by Gasteiger charge is 1.93. The van der Waals surface area contributed by atoms with Crippen molar-refractivity contribution in [3.8, 4) is 0 Å². The van der Waals surface area contributed by atoms with Gasteiger partial charge in [-0.05, 0) is 18.6 Å². The molecule has 0 saturated carbocycles. The molecule has 0 saturated heterocycles. The fourth-order valence-corrected chi connectivity index (χ4v) is 0.977. The lowest BCUT2D eigenvalue weighted by Gasteiger charge is -2.04. The largest absolute Gasteiger partial charge is 0.388 e. The third-order valence-corrected chi connectivity index (χ3v) is 1.67. The van der Waals surface area contributed by atoms with Crippen LogP contribution < -0.4 is 5.32 Å². The number of nitrogens with one attached hydrogen (secondary N) is 1. The molecule has 0 aromatic heterocycles. The highest BCUT2D eigenvalue weighted by molar-refractivity contribution is 5.61. The maximum absolute atomic E-state index is 3.87. The third kappa shape index (κ3) is 3.79. The quantitative estimate of drug-likeness (QED) is 0.731. The number of hydrogen-bond donors (Lipinski definition) is 1. The predicted octanol–water partition coefficient (Wildman–Crippen LogP) is 3.21. The van der Waals surface area contributed by atoms with Gasteiger partial charge in [-0.2, -0.15) is 0 Å². The summed E-state index contributed by atoms with van der Waals surface area (Å²) in [4.78, 5) is 0. The van der Waals surface area contributed by atoms with E-state index < -0.39 is 0 Å². The van der Waals surface area contributed by atoms with E-state index in [0.29, 0.717) is 0 Å². The molecule has 0 aliphatic heterocycles. The van der Waals surface area contributed by atoms with Gasteiger partial charge >= 0.3 is 0 Å². The summed E-state index contributed by atoms with van der Waals surface area (Å²) in [5, 5.41) is 3.01. The molecule has 0 heterocycles. The first-order valence-electron chi connectivity index (χ1n) is 4.67. The zero-order valence-electron chi connectivity index (χ0n) is 9.02. The minimum Gasteiger partial charge on any atom is -0.388 e. The zero-order chi connectivity index (χ0) is 10.3. The van der Waals surface area contributed by atoms with Crippen molar-refractivity contribution >= 4 is 5.70 Å². The van der Waals surface area contributed by atoms with Gasteiger partial charge < -0.3 is 5.32 Å². The zero-order valence-corrected chi connectivity index (χ0v) is 9.02. The van der Waals surface area contributed by atoms with E-state index in [2.05, 4.69) is 31.0 Å². The molecule has 0 bridgehead atoms. The van der Waals surface area contributed by atoms with E-state index in [1.54, 1.807) is 0 Å². The van der Waals surface area contributed by atoms with Crippen molar-refractivity contribution < 1.29 is 0 Å². The molecule has 0 aliphatic rings.